The first-order valence-corrected chi connectivity index (χ1v) is 16.9. The number of benzene rings is 6. The quantitative estimate of drug-likeness (QED) is 0.164. The third kappa shape index (κ3) is 4.11. The second-order valence-corrected chi connectivity index (χ2v) is 14.8. The largest absolute Gasteiger partial charge is 0.309 e. The second kappa shape index (κ2) is 10.9. The zero-order valence-corrected chi connectivity index (χ0v) is 25.1. The minimum absolute atomic E-state index is 0.711. The highest BCUT2D eigenvalue weighted by Gasteiger charge is 2.42. The van der Waals surface area contributed by atoms with Crippen molar-refractivity contribution in [1.29, 1.82) is 0 Å². The molecule has 0 atom stereocenters. The van der Waals surface area contributed by atoms with Gasteiger partial charge in [-0.2, -0.15) is 0 Å². The van der Waals surface area contributed by atoms with Crippen LogP contribution in [-0.4, -0.2) is 22.6 Å². The minimum atomic E-state index is -2.69. The minimum Gasteiger partial charge on any atom is -0.309 e. The maximum atomic E-state index is 5.13. The van der Waals surface area contributed by atoms with Crippen molar-refractivity contribution >= 4 is 50.6 Å². The summed E-state index contributed by atoms with van der Waals surface area (Å²) in [6, 6.07) is 58.3. The molecule has 0 saturated heterocycles. The van der Waals surface area contributed by atoms with Gasteiger partial charge in [-0.15, -0.1) is 0 Å². The summed E-state index contributed by atoms with van der Waals surface area (Å²) in [6.45, 7) is 0. The van der Waals surface area contributed by atoms with Gasteiger partial charge in [0.1, 0.15) is 0 Å². The van der Waals surface area contributed by atoms with Gasteiger partial charge < -0.3 is 4.57 Å². The van der Waals surface area contributed by atoms with Gasteiger partial charge in [0.15, 0.2) is 13.9 Å². The summed E-state index contributed by atoms with van der Waals surface area (Å²) < 4.78 is 2.34. The molecule has 0 radical (unpaired) electrons. The normalized spacial score (nSPS) is 11.6. The zero-order chi connectivity index (χ0) is 29.3. The number of hydrogen-bond donors (Lipinski definition) is 0. The predicted octanol–water partition coefficient (Wildman–Crippen LogP) is 6.62. The molecule has 4 heteroatoms. The molecular formula is C40H29N3Si. The molecule has 0 saturated carbocycles. The lowest BCUT2D eigenvalue weighted by Gasteiger charge is -2.33. The molecule has 2 heterocycles. The fraction of sp³-hybridized carbons (Fsp3) is 0. The molecule has 0 aliphatic heterocycles. The predicted molar refractivity (Wildman–Crippen MR) is 185 cm³/mol. The van der Waals surface area contributed by atoms with Crippen molar-refractivity contribution in [1.82, 2.24) is 14.5 Å². The molecule has 0 bridgehead atoms. The Morgan fingerprint density at radius 3 is 1.30 bits per heavy atom. The summed E-state index contributed by atoms with van der Waals surface area (Å²) in [5, 5.41) is 7.54. The zero-order valence-electron chi connectivity index (χ0n) is 24.1. The maximum absolute atomic E-state index is 5.13. The van der Waals surface area contributed by atoms with Gasteiger partial charge in [-0.3, -0.25) is 0 Å². The molecule has 0 N–H and O–H groups in total. The van der Waals surface area contributed by atoms with Crippen LogP contribution in [0.5, 0.6) is 0 Å². The monoisotopic (exact) mass is 579 g/mol. The molecule has 0 amide bonds. The van der Waals surface area contributed by atoms with Crippen LogP contribution >= 0.6 is 0 Å². The molecule has 0 unspecified atom stereocenters. The average molecular weight is 580 g/mol. The summed E-state index contributed by atoms with van der Waals surface area (Å²) >= 11 is 0. The Labute approximate surface area is 257 Å². The first kappa shape index (κ1) is 26.1. The highest BCUT2D eigenvalue weighted by molar-refractivity contribution is 7.19. The lowest BCUT2D eigenvalue weighted by Crippen LogP contribution is -2.74. The second-order valence-electron chi connectivity index (χ2n) is 11.0. The Hall–Kier alpha value is -5.58. The molecule has 0 aliphatic rings. The Balaban J connectivity index is 1.34. The van der Waals surface area contributed by atoms with Crippen molar-refractivity contribution in [3.8, 4) is 17.1 Å². The topological polar surface area (TPSA) is 30.7 Å². The van der Waals surface area contributed by atoms with Gasteiger partial charge in [-0.25, -0.2) is 9.97 Å². The molecule has 0 spiro atoms. The number of hydrogen-bond acceptors (Lipinski definition) is 2. The van der Waals surface area contributed by atoms with Crippen LogP contribution in [0.2, 0.25) is 0 Å². The maximum Gasteiger partial charge on any atom is 0.183 e. The first-order valence-electron chi connectivity index (χ1n) is 14.9. The van der Waals surface area contributed by atoms with Gasteiger partial charge in [0.05, 0.1) is 16.7 Å². The van der Waals surface area contributed by atoms with Crippen molar-refractivity contribution < 1.29 is 0 Å². The third-order valence-corrected chi connectivity index (χ3v) is 13.4. The SMILES string of the molecule is c1ccc([Si](c2ccccc2)(c2ccccc2)c2cnc(-c3ccccc3-n3c4ccccc4c4ccccc43)nc2)cc1. The smallest absolute Gasteiger partial charge is 0.183 e. The average Bonchev–Trinajstić information content (AvgIpc) is 3.45. The first-order chi connectivity index (χ1) is 21.9. The van der Waals surface area contributed by atoms with Crippen LogP contribution in [0.1, 0.15) is 0 Å². The summed E-state index contributed by atoms with van der Waals surface area (Å²) in [5.41, 5.74) is 4.40. The van der Waals surface area contributed by atoms with E-state index in [-0.39, 0.29) is 0 Å². The number of rotatable bonds is 6. The van der Waals surface area contributed by atoms with E-state index in [1.54, 1.807) is 0 Å². The molecule has 208 valence electrons. The highest BCUT2D eigenvalue weighted by Crippen LogP contribution is 2.34. The van der Waals surface area contributed by atoms with Crippen LogP contribution in [0.15, 0.2) is 176 Å². The van der Waals surface area contributed by atoms with E-state index in [1.807, 2.05) is 0 Å². The van der Waals surface area contributed by atoms with Crippen LogP contribution in [-0.2, 0) is 0 Å². The van der Waals surface area contributed by atoms with E-state index in [0.29, 0.717) is 5.82 Å². The molecule has 8 rings (SSSR count). The van der Waals surface area contributed by atoms with E-state index in [4.69, 9.17) is 9.97 Å². The van der Waals surface area contributed by atoms with Crippen LogP contribution in [0.3, 0.4) is 0 Å². The van der Waals surface area contributed by atoms with E-state index < -0.39 is 8.07 Å². The van der Waals surface area contributed by atoms with Crippen molar-refractivity contribution in [3.63, 3.8) is 0 Å². The third-order valence-electron chi connectivity index (χ3n) is 8.67. The van der Waals surface area contributed by atoms with Crippen molar-refractivity contribution in [3.05, 3.63) is 176 Å². The molecule has 3 nitrogen and oxygen atoms in total. The molecule has 44 heavy (non-hydrogen) atoms. The van der Waals surface area contributed by atoms with E-state index in [9.17, 15) is 0 Å². The number of para-hydroxylation sites is 3. The van der Waals surface area contributed by atoms with Gasteiger partial charge in [-0.05, 0) is 45.0 Å². The lowest BCUT2D eigenvalue weighted by molar-refractivity contribution is 1.14. The fourth-order valence-electron chi connectivity index (χ4n) is 6.77. The van der Waals surface area contributed by atoms with Crippen molar-refractivity contribution in [2.45, 2.75) is 0 Å². The van der Waals surface area contributed by atoms with Crippen LogP contribution in [0.4, 0.5) is 0 Å². The Morgan fingerprint density at radius 2 is 0.795 bits per heavy atom. The van der Waals surface area contributed by atoms with E-state index in [1.165, 1.54) is 37.4 Å². The summed E-state index contributed by atoms with van der Waals surface area (Å²) in [5.74, 6) is 0.711. The number of fused-ring (bicyclic) bond motifs is 3. The summed E-state index contributed by atoms with van der Waals surface area (Å²) in [6.07, 6.45) is 4.15. The van der Waals surface area contributed by atoms with Gasteiger partial charge in [-0.1, -0.05) is 140 Å². The van der Waals surface area contributed by atoms with Gasteiger partial charge >= 0.3 is 0 Å². The highest BCUT2D eigenvalue weighted by atomic mass is 28.3. The lowest BCUT2D eigenvalue weighted by atomic mass is 10.1. The van der Waals surface area contributed by atoms with E-state index in [0.717, 1.165) is 16.4 Å². The van der Waals surface area contributed by atoms with Crippen LogP contribution < -0.4 is 20.7 Å². The Bertz CT molecular complexity index is 2060. The molecule has 6 aromatic carbocycles. The van der Waals surface area contributed by atoms with Gasteiger partial charge in [0, 0.05) is 28.7 Å². The standard InChI is InChI=1S/C40H29N3Si/c1-4-16-30(17-5-1)44(31-18-6-2-7-19-31,32-20-8-3-9-21-32)33-28-41-40(42-29-33)36-24-12-15-27-39(36)43-37-25-13-10-22-34(37)35-23-11-14-26-38(35)43/h1-29H. The van der Waals surface area contributed by atoms with Crippen LogP contribution in [0.25, 0.3) is 38.9 Å². The molecule has 2 aromatic heterocycles. The molecule has 0 fully saturated rings. The number of nitrogens with zero attached hydrogens (tertiary/aromatic N) is 3. The Kier molecular flexibility index (Phi) is 6.47. The van der Waals surface area contributed by atoms with Crippen molar-refractivity contribution in [2.75, 3.05) is 0 Å². The molecular weight excluding hydrogens is 551 g/mol. The number of aromatic nitrogens is 3. The fourth-order valence-corrected chi connectivity index (χ4v) is 11.4. The van der Waals surface area contributed by atoms with Gasteiger partial charge in [0.25, 0.3) is 0 Å². The molecule has 0 aliphatic carbocycles. The van der Waals surface area contributed by atoms with E-state index >= 15 is 0 Å². The molecule has 8 aromatic rings. The van der Waals surface area contributed by atoms with E-state index in [2.05, 4.69) is 181 Å². The summed E-state index contributed by atoms with van der Waals surface area (Å²) in [4.78, 5) is 10.3. The van der Waals surface area contributed by atoms with Gasteiger partial charge in [0.2, 0.25) is 0 Å². The van der Waals surface area contributed by atoms with Crippen molar-refractivity contribution in [2.24, 2.45) is 0 Å². The van der Waals surface area contributed by atoms with Crippen LogP contribution in [0, 0.1) is 0 Å². The Morgan fingerprint density at radius 1 is 0.386 bits per heavy atom. The summed E-state index contributed by atoms with van der Waals surface area (Å²) in [7, 11) is -2.69.